The summed E-state index contributed by atoms with van der Waals surface area (Å²) in [7, 11) is 0. The fraction of sp³-hybridized carbons (Fsp3) is 0.786. The first-order valence-electron chi connectivity index (χ1n) is 7.18. The molecule has 0 aromatic rings. The normalized spacial score (nSPS) is 32.0. The molecule has 112 valence electrons. The molecule has 6 heteroatoms. The molecular formula is C14H22N2O4. The first-order valence-corrected chi connectivity index (χ1v) is 7.18. The SMILES string of the molecule is CC1CC1C(=O)NCCC(=O)N1C[C@@H](C)[C@H](C(=O)O)C1. The van der Waals surface area contributed by atoms with E-state index in [1.807, 2.05) is 13.8 Å². The van der Waals surface area contributed by atoms with Crippen molar-refractivity contribution in [3.05, 3.63) is 0 Å². The molecule has 0 bridgehead atoms. The zero-order chi connectivity index (χ0) is 14.9. The molecule has 2 rings (SSSR count). The van der Waals surface area contributed by atoms with Crippen LogP contribution in [0.3, 0.4) is 0 Å². The van der Waals surface area contributed by atoms with Gasteiger partial charge in [0.1, 0.15) is 0 Å². The first-order chi connectivity index (χ1) is 9.40. The van der Waals surface area contributed by atoms with E-state index in [-0.39, 0.29) is 36.6 Å². The third-order valence-corrected chi connectivity index (χ3v) is 4.37. The lowest BCUT2D eigenvalue weighted by Crippen LogP contribution is -2.34. The average molecular weight is 282 g/mol. The lowest BCUT2D eigenvalue weighted by molar-refractivity contribution is -0.142. The largest absolute Gasteiger partial charge is 0.481 e. The monoisotopic (exact) mass is 282 g/mol. The molecule has 20 heavy (non-hydrogen) atoms. The number of carbonyl (C=O) groups excluding carboxylic acids is 2. The van der Waals surface area contributed by atoms with Crippen LogP contribution in [0.4, 0.5) is 0 Å². The third-order valence-electron chi connectivity index (χ3n) is 4.37. The van der Waals surface area contributed by atoms with Crippen LogP contribution < -0.4 is 5.32 Å². The Morgan fingerprint density at radius 2 is 1.80 bits per heavy atom. The quantitative estimate of drug-likeness (QED) is 0.760. The van der Waals surface area contributed by atoms with E-state index < -0.39 is 11.9 Å². The minimum atomic E-state index is -0.844. The average Bonchev–Trinajstić information content (AvgIpc) is 2.96. The Labute approximate surface area is 118 Å². The number of aliphatic carboxylic acids is 1. The lowest BCUT2D eigenvalue weighted by atomic mass is 9.99. The van der Waals surface area contributed by atoms with Crippen molar-refractivity contribution >= 4 is 17.8 Å². The summed E-state index contributed by atoms with van der Waals surface area (Å²) in [6.07, 6.45) is 1.18. The molecule has 2 unspecified atom stereocenters. The van der Waals surface area contributed by atoms with Crippen LogP contribution >= 0.6 is 0 Å². The maximum atomic E-state index is 12.0. The van der Waals surface area contributed by atoms with Gasteiger partial charge in [-0.2, -0.15) is 0 Å². The molecule has 1 heterocycles. The molecule has 2 fully saturated rings. The fourth-order valence-electron chi connectivity index (χ4n) is 2.76. The van der Waals surface area contributed by atoms with Crippen LogP contribution in [0.15, 0.2) is 0 Å². The molecule has 6 nitrogen and oxygen atoms in total. The molecule has 1 saturated carbocycles. The van der Waals surface area contributed by atoms with Crippen molar-refractivity contribution in [2.45, 2.75) is 26.7 Å². The van der Waals surface area contributed by atoms with E-state index in [4.69, 9.17) is 5.11 Å². The van der Waals surface area contributed by atoms with Gasteiger partial charge in [0.2, 0.25) is 11.8 Å². The Morgan fingerprint density at radius 1 is 1.15 bits per heavy atom. The molecule has 4 atom stereocenters. The summed E-state index contributed by atoms with van der Waals surface area (Å²) in [5.74, 6) is -0.800. The molecule has 0 aromatic carbocycles. The number of carbonyl (C=O) groups is 3. The lowest BCUT2D eigenvalue weighted by Gasteiger charge is -2.16. The summed E-state index contributed by atoms with van der Waals surface area (Å²) in [5.41, 5.74) is 0. The third kappa shape index (κ3) is 3.29. The molecule has 1 aliphatic carbocycles. The molecule has 0 aromatic heterocycles. The minimum Gasteiger partial charge on any atom is -0.481 e. The van der Waals surface area contributed by atoms with Crippen molar-refractivity contribution in [1.29, 1.82) is 0 Å². The van der Waals surface area contributed by atoms with E-state index in [9.17, 15) is 14.4 Å². The molecule has 0 spiro atoms. The number of nitrogens with one attached hydrogen (secondary N) is 1. The molecule has 0 radical (unpaired) electrons. The van der Waals surface area contributed by atoms with Crippen LogP contribution in [0.25, 0.3) is 0 Å². The summed E-state index contributed by atoms with van der Waals surface area (Å²) in [6.45, 7) is 4.99. The van der Waals surface area contributed by atoms with Gasteiger partial charge in [0.25, 0.3) is 0 Å². The van der Waals surface area contributed by atoms with Crippen molar-refractivity contribution in [3.63, 3.8) is 0 Å². The second-order valence-corrected chi connectivity index (χ2v) is 6.08. The predicted molar refractivity (Wildman–Crippen MR) is 71.8 cm³/mol. The standard InChI is InChI=1S/C14H22N2O4/c1-8-5-10(8)13(18)15-4-3-12(17)16-6-9(2)11(7-16)14(19)20/h8-11H,3-7H2,1-2H3,(H,15,18)(H,19,20)/t8?,9-,10?,11-/m1/s1. The van der Waals surface area contributed by atoms with Crippen molar-refractivity contribution in [2.24, 2.45) is 23.7 Å². The van der Waals surface area contributed by atoms with Crippen LogP contribution in [0.2, 0.25) is 0 Å². The Hall–Kier alpha value is -1.59. The number of rotatable bonds is 5. The highest BCUT2D eigenvalue weighted by molar-refractivity contribution is 5.83. The van der Waals surface area contributed by atoms with E-state index in [0.717, 1.165) is 6.42 Å². The Bertz CT molecular complexity index is 423. The highest BCUT2D eigenvalue weighted by atomic mass is 16.4. The van der Waals surface area contributed by atoms with Gasteiger partial charge in [-0.3, -0.25) is 14.4 Å². The Kier molecular flexibility index (Phi) is 4.30. The van der Waals surface area contributed by atoms with E-state index in [2.05, 4.69) is 5.32 Å². The van der Waals surface area contributed by atoms with Crippen molar-refractivity contribution < 1.29 is 19.5 Å². The number of hydrogen-bond donors (Lipinski definition) is 2. The highest BCUT2D eigenvalue weighted by Gasteiger charge is 2.39. The Balaban J connectivity index is 1.70. The van der Waals surface area contributed by atoms with E-state index in [1.54, 1.807) is 4.90 Å². The van der Waals surface area contributed by atoms with Crippen molar-refractivity contribution in [3.8, 4) is 0 Å². The second-order valence-electron chi connectivity index (χ2n) is 6.08. The minimum absolute atomic E-state index is 0.0154. The second kappa shape index (κ2) is 5.81. The van der Waals surface area contributed by atoms with E-state index in [1.165, 1.54) is 0 Å². The maximum Gasteiger partial charge on any atom is 0.308 e. The van der Waals surface area contributed by atoms with Gasteiger partial charge in [-0.15, -0.1) is 0 Å². The van der Waals surface area contributed by atoms with E-state index >= 15 is 0 Å². The van der Waals surface area contributed by atoms with Crippen molar-refractivity contribution in [1.82, 2.24) is 10.2 Å². The van der Waals surface area contributed by atoms with Gasteiger partial charge in [-0.05, 0) is 18.3 Å². The molecule has 2 N–H and O–H groups in total. The number of carboxylic acid groups (broad SMARTS) is 1. The summed E-state index contributed by atoms with van der Waals surface area (Å²) in [4.78, 5) is 36.2. The number of amides is 2. The number of carboxylic acids is 1. The summed E-state index contributed by atoms with van der Waals surface area (Å²) >= 11 is 0. The molecule has 2 amide bonds. The molecule has 1 aliphatic heterocycles. The van der Waals surface area contributed by atoms with Gasteiger partial charge in [-0.25, -0.2) is 0 Å². The summed E-state index contributed by atoms with van der Waals surface area (Å²) < 4.78 is 0. The van der Waals surface area contributed by atoms with Gasteiger partial charge in [-0.1, -0.05) is 13.8 Å². The number of hydrogen-bond acceptors (Lipinski definition) is 3. The summed E-state index contributed by atoms with van der Waals surface area (Å²) in [6, 6.07) is 0. The van der Waals surface area contributed by atoms with Gasteiger partial charge in [0.15, 0.2) is 0 Å². The topological polar surface area (TPSA) is 86.7 Å². The molecular weight excluding hydrogens is 260 g/mol. The van der Waals surface area contributed by atoms with Gasteiger partial charge in [0, 0.05) is 32.0 Å². The van der Waals surface area contributed by atoms with Crippen LogP contribution in [0.5, 0.6) is 0 Å². The summed E-state index contributed by atoms with van der Waals surface area (Å²) in [5, 5.41) is 11.8. The zero-order valence-corrected chi connectivity index (χ0v) is 12.0. The smallest absolute Gasteiger partial charge is 0.308 e. The van der Waals surface area contributed by atoms with Crippen LogP contribution in [0, 0.1) is 23.7 Å². The maximum absolute atomic E-state index is 12.0. The van der Waals surface area contributed by atoms with Gasteiger partial charge < -0.3 is 15.3 Å². The molecule has 1 saturated heterocycles. The van der Waals surface area contributed by atoms with Crippen molar-refractivity contribution in [2.75, 3.05) is 19.6 Å². The van der Waals surface area contributed by atoms with Crippen LogP contribution in [-0.4, -0.2) is 47.4 Å². The highest BCUT2D eigenvalue weighted by Crippen LogP contribution is 2.37. The van der Waals surface area contributed by atoms with Crippen LogP contribution in [0.1, 0.15) is 26.7 Å². The van der Waals surface area contributed by atoms with Crippen LogP contribution in [-0.2, 0) is 14.4 Å². The van der Waals surface area contributed by atoms with E-state index in [0.29, 0.717) is 19.0 Å². The van der Waals surface area contributed by atoms with Gasteiger partial charge >= 0.3 is 5.97 Å². The predicted octanol–water partition coefficient (Wildman–Crippen LogP) is 0.328. The molecule has 2 aliphatic rings. The Morgan fingerprint density at radius 3 is 2.30 bits per heavy atom. The zero-order valence-electron chi connectivity index (χ0n) is 12.0. The van der Waals surface area contributed by atoms with Gasteiger partial charge in [0.05, 0.1) is 5.92 Å². The first kappa shape index (κ1) is 14.8. The number of likely N-dealkylation sites (tertiary alicyclic amines) is 1. The number of nitrogens with zero attached hydrogens (tertiary/aromatic N) is 1. The fourth-order valence-corrected chi connectivity index (χ4v) is 2.76.